The first-order valence-electron chi connectivity index (χ1n) is 9.46. The Bertz CT molecular complexity index is 1000. The van der Waals surface area contributed by atoms with Gasteiger partial charge >= 0.3 is 0 Å². The van der Waals surface area contributed by atoms with Crippen LogP contribution in [0.4, 0.5) is 5.69 Å². The van der Waals surface area contributed by atoms with Gasteiger partial charge in [-0.25, -0.2) is 0 Å². The number of hydrazone groups is 1. The molecule has 0 atom stereocenters. The van der Waals surface area contributed by atoms with Crippen molar-refractivity contribution in [3.05, 3.63) is 95.8 Å². The van der Waals surface area contributed by atoms with Gasteiger partial charge in [-0.2, -0.15) is 5.10 Å². The van der Waals surface area contributed by atoms with E-state index in [0.717, 1.165) is 11.3 Å². The number of aromatic nitrogens is 1. The predicted molar refractivity (Wildman–Crippen MR) is 112 cm³/mol. The minimum Gasteiger partial charge on any atom is -0.274 e. The third-order valence-corrected chi connectivity index (χ3v) is 4.74. The molecule has 0 bridgehead atoms. The first-order chi connectivity index (χ1) is 14.2. The molecule has 0 aliphatic carbocycles. The maximum Gasteiger partial charge on any atom is 0.261 e. The van der Waals surface area contributed by atoms with E-state index in [2.05, 4.69) is 10.1 Å². The highest BCUT2D eigenvalue weighted by atomic mass is 16.2. The number of amides is 2. The first-order valence-corrected chi connectivity index (χ1v) is 9.46. The van der Waals surface area contributed by atoms with Crippen molar-refractivity contribution in [1.82, 2.24) is 9.88 Å². The molecular formula is C23H20N4O2. The minimum absolute atomic E-state index is 0.225. The van der Waals surface area contributed by atoms with E-state index in [1.54, 1.807) is 42.9 Å². The van der Waals surface area contributed by atoms with E-state index in [0.29, 0.717) is 30.6 Å². The number of hydrogen-bond donors (Lipinski definition) is 0. The molecule has 1 aliphatic heterocycles. The molecule has 2 amide bonds. The second kappa shape index (κ2) is 8.48. The lowest BCUT2D eigenvalue weighted by molar-refractivity contribution is 0.0653. The van der Waals surface area contributed by atoms with Crippen LogP contribution in [0.15, 0.2) is 84.2 Å². The fourth-order valence-electron chi connectivity index (χ4n) is 3.26. The largest absolute Gasteiger partial charge is 0.274 e. The summed E-state index contributed by atoms with van der Waals surface area (Å²) in [5, 5.41) is 6.47. The van der Waals surface area contributed by atoms with E-state index < -0.39 is 0 Å². The molecule has 1 aliphatic rings. The van der Waals surface area contributed by atoms with Crippen LogP contribution in [0.25, 0.3) is 0 Å². The van der Waals surface area contributed by atoms with Crippen molar-refractivity contribution in [2.24, 2.45) is 5.10 Å². The maximum atomic E-state index is 12.5. The fraction of sp³-hybridized carbons (Fsp3) is 0.130. The van der Waals surface area contributed by atoms with Crippen molar-refractivity contribution in [2.75, 3.05) is 18.1 Å². The van der Waals surface area contributed by atoms with Crippen molar-refractivity contribution in [3.8, 4) is 0 Å². The molecule has 0 saturated heterocycles. The lowest BCUT2D eigenvalue weighted by atomic mass is 10.1. The van der Waals surface area contributed by atoms with Gasteiger partial charge < -0.3 is 0 Å². The first kappa shape index (κ1) is 18.6. The molecule has 0 unspecified atom stereocenters. The molecule has 0 fully saturated rings. The Morgan fingerprint density at radius 2 is 1.48 bits per heavy atom. The molecule has 3 aromatic rings. The number of anilines is 1. The van der Waals surface area contributed by atoms with Gasteiger partial charge in [-0.1, -0.05) is 30.3 Å². The topological polar surface area (TPSA) is 65.9 Å². The van der Waals surface area contributed by atoms with Crippen LogP contribution in [-0.4, -0.2) is 41.0 Å². The van der Waals surface area contributed by atoms with Gasteiger partial charge in [0.15, 0.2) is 0 Å². The van der Waals surface area contributed by atoms with Crippen LogP contribution >= 0.6 is 0 Å². The Balaban J connectivity index is 1.44. The minimum atomic E-state index is -0.225. The molecule has 6 nitrogen and oxygen atoms in total. The summed E-state index contributed by atoms with van der Waals surface area (Å²) < 4.78 is 0. The van der Waals surface area contributed by atoms with E-state index in [4.69, 9.17) is 0 Å². The molecule has 0 radical (unpaired) electrons. The monoisotopic (exact) mass is 384 g/mol. The summed E-state index contributed by atoms with van der Waals surface area (Å²) in [4.78, 5) is 30.4. The number of benzene rings is 2. The van der Waals surface area contributed by atoms with E-state index in [-0.39, 0.29) is 11.8 Å². The third-order valence-electron chi connectivity index (χ3n) is 4.74. The molecular weight excluding hydrogens is 364 g/mol. The molecule has 29 heavy (non-hydrogen) atoms. The summed E-state index contributed by atoms with van der Waals surface area (Å²) in [6, 6.07) is 20.5. The summed E-state index contributed by atoms with van der Waals surface area (Å²) in [6.45, 7) is 0.916. The smallest absolute Gasteiger partial charge is 0.261 e. The highest BCUT2D eigenvalue weighted by Crippen LogP contribution is 2.23. The lowest BCUT2D eigenvalue weighted by Gasteiger charge is -2.21. The number of imide groups is 1. The number of carbonyl (C=O) groups excluding carboxylic acids is 2. The van der Waals surface area contributed by atoms with Gasteiger partial charge in [0.25, 0.3) is 11.8 Å². The summed E-state index contributed by atoms with van der Waals surface area (Å²) in [7, 11) is 0. The molecule has 144 valence electrons. The zero-order valence-corrected chi connectivity index (χ0v) is 15.8. The van der Waals surface area contributed by atoms with Crippen molar-refractivity contribution in [3.63, 3.8) is 0 Å². The summed E-state index contributed by atoms with van der Waals surface area (Å²) in [5.41, 5.74) is 2.85. The van der Waals surface area contributed by atoms with Gasteiger partial charge in [0.2, 0.25) is 0 Å². The highest BCUT2D eigenvalue weighted by molar-refractivity contribution is 6.21. The second-order valence-electron chi connectivity index (χ2n) is 6.64. The molecule has 4 rings (SSSR count). The molecule has 2 aromatic carbocycles. The normalized spacial score (nSPS) is 13.2. The zero-order valence-electron chi connectivity index (χ0n) is 15.8. The van der Waals surface area contributed by atoms with Gasteiger partial charge in [-0.3, -0.25) is 24.5 Å². The Kier molecular flexibility index (Phi) is 5.42. The van der Waals surface area contributed by atoms with E-state index in [1.807, 2.05) is 47.5 Å². The lowest BCUT2D eigenvalue weighted by Crippen LogP contribution is -2.32. The van der Waals surface area contributed by atoms with Gasteiger partial charge in [-0.05, 0) is 48.4 Å². The average molecular weight is 384 g/mol. The van der Waals surface area contributed by atoms with Crippen LogP contribution in [0, 0.1) is 0 Å². The Morgan fingerprint density at radius 3 is 2.14 bits per heavy atom. The Hall–Kier alpha value is -3.80. The number of fused-ring (bicyclic) bond motifs is 1. The van der Waals surface area contributed by atoms with Gasteiger partial charge in [0, 0.05) is 25.5 Å². The number of para-hydroxylation sites is 1. The van der Waals surface area contributed by atoms with Crippen LogP contribution in [0.1, 0.15) is 32.7 Å². The van der Waals surface area contributed by atoms with Crippen LogP contribution in [0.5, 0.6) is 0 Å². The van der Waals surface area contributed by atoms with Crippen molar-refractivity contribution < 1.29 is 9.59 Å². The quantitative estimate of drug-likeness (QED) is 0.355. The second-order valence-corrected chi connectivity index (χ2v) is 6.64. The molecule has 6 heteroatoms. The number of carbonyl (C=O) groups is 2. The van der Waals surface area contributed by atoms with Gasteiger partial charge in [0.1, 0.15) is 0 Å². The fourth-order valence-corrected chi connectivity index (χ4v) is 3.26. The zero-order chi connectivity index (χ0) is 20.1. The van der Waals surface area contributed by atoms with Crippen molar-refractivity contribution in [1.29, 1.82) is 0 Å². The molecule has 1 aromatic heterocycles. The number of pyridine rings is 1. The SMILES string of the molecule is O=C1c2ccccc2C(=O)N1CCCN(N=Cc1ccncc1)c1ccccc1. The maximum absolute atomic E-state index is 12.5. The standard InChI is InChI=1S/C23H20N4O2/c28-22-20-9-4-5-10-21(20)23(29)26(22)15-6-16-27(19-7-2-1-3-8-19)25-17-18-11-13-24-14-12-18/h1-5,7-14,17H,6,15-16H2. The van der Waals surface area contributed by atoms with Crippen LogP contribution in [0.2, 0.25) is 0 Å². The van der Waals surface area contributed by atoms with Gasteiger partial charge in [0.05, 0.1) is 23.0 Å². The molecule has 2 heterocycles. The Labute approximate surface area is 169 Å². The third kappa shape index (κ3) is 4.06. The van der Waals surface area contributed by atoms with E-state index >= 15 is 0 Å². The summed E-state index contributed by atoms with van der Waals surface area (Å²) >= 11 is 0. The van der Waals surface area contributed by atoms with Crippen molar-refractivity contribution >= 4 is 23.7 Å². The average Bonchev–Trinajstić information content (AvgIpc) is 3.02. The van der Waals surface area contributed by atoms with E-state index in [9.17, 15) is 9.59 Å². The molecule has 0 N–H and O–H groups in total. The van der Waals surface area contributed by atoms with Crippen molar-refractivity contribution in [2.45, 2.75) is 6.42 Å². The van der Waals surface area contributed by atoms with Gasteiger partial charge in [-0.15, -0.1) is 0 Å². The number of rotatable bonds is 7. The van der Waals surface area contributed by atoms with Crippen LogP contribution in [-0.2, 0) is 0 Å². The molecule has 0 saturated carbocycles. The predicted octanol–water partition coefficient (Wildman–Crippen LogP) is 3.61. The Morgan fingerprint density at radius 1 is 0.862 bits per heavy atom. The molecule has 0 spiro atoms. The van der Waals surface area contributed by atoms with Crippen LogP contribution in [0.3, 0.4) is 0 Å². The summed E-state index contributed by atoms with van der Waals surface area (Å²) in [6.07, 6.45) is 5.82. The summed E-state index contributed by atoms with van der Waals surface area (Å²) in [5.74, 6) is -0.450. The number of hydrogen-bond acceptors (Lipinski definition) is 5. The highest BCUT2D eigenvalue weighted by Gasteiger charge is 2.34. The number of nitrogens with zero attached hydrogens (tertiary/aromatic N) is 4. The van der Waals surface area contributed by atoms with E-state index in [1.165, 1.54) is 4.90 Å². The van der Waals surface area contributed by atoms with Crippen LogP contribution < -0.4 is 5.01 Å².